The van der Waals surface area contributed by atoms with Crippen molar-refractivity contribution < 1.29 is 0 Å². The van der Waals surface area contributed by atoms with E-state index < -0.39 is 0 Å². The first-order valence-corrected chi connectivity index (χ1v) is 7.71. The zero-order chi connectivity index (χ0) is 11.9. The van der Waals surface area contributed by atoms with Crippen LogP contribution in [0.15, 0.2) is 0 Å². The molecule has 3 rings (SSSR count). The van der Waals surface area contributed by atoms with Gasteiger partial charge in [-0.2, -0.15) is 0 Å². The summed E-state index contributed by atoms with van der Waals surface area (Å²) in [4.78, 5) is 2.83. The lowest BCUT2D eigenvalue weighted by Crippen LogP contribution is -2.63. The molecule has 0 aromatic carbocycles. The van der Waals surface area contributed by atoms with Crippen molar-refractivity contribution in [2.75, 3.05) is 19.6 Å². The van der Waals surface area contributed by atoms with Crippen LogP contribution in [0.25, 0.3) is 0 Å². The highest BCUT2D eigenvalue weighted by atomic mass is 15.3. The summed E-state index contributed by atoms with van der Waals surface area (Å²) in [5, 5.41) is 3.89. The van der Waals surface area contributed by atoms with Crippen LogP contribution >= 0.6 is 0 Å². The van der Waals surface area contributed by atoms with Gasteiger partial charge in [-0.25, -0.2) is 0 Å². The van der Waals surface area contributed by atoms with Gasteiger partial charge < -0.3 is 5.32 Å². The Morgan fingerprint density at radius 1 is 1.29 bits per heavy atom. The van der Waals surface area contributed by atoms with Gasteiger partial charge in [-0.15, -0.1) is 0 Å². The summed E-state index contributed by atoms with van der Waals surface area (Å²) in [5.74, 6) is 2.02. The van der Waals surface area contributed by atoms with E-state index >= 15 is 0 Å². The number of rotatable bonds is 3. The first kappa shape index (κ1) is 12.0. The predicted molar refractivity (Wildman–Crippen MR) is 72.1 cm³/mol. The van der Waals surface area contributed by atoms with Gasteiger partial charge in [0.2, 0.25) is 0 Å². The Morgan fingerprint density at radius 3 is 2.59 bits per heavy atom. The average molecular weight is 236 g/mol. The van der Waals surface area contributed by atoms with Crippen molar-refractivity contribution in [3.8, 4) is 0 Å². The minimum absolute atomic E-state index is 0.504. The molecule has 3 fully saturated rings. The largest absolute Gasteiger partial charge is 0.308 e. The highest BCUT2D eigenvalue weighted by molar-refractivity contribution is 5.02. The molecule has 1 saturated heterocycles. The molecule has 1 heterocycles. The van der Waals surface area contributed by atoms with E-state index in [1.807, 2.05) is 0 Å². The Balaban J connectivity index is 1.64. The smallest absolute Gasteiger partial charge is 0.0309 e. The van der Waals surface area contributed by atoms with Gasteiger partial charge in [-0.1, -0.05) is 26.7 Å². The summed E-state index contributed by atoms with van der Waals surface area (Å²) >= 11 is 0. The first-order chi connectivity index (χ1) is 8.22. The lowest BCUT2D eigenvalue weighted by atomic mass is 9.91. The Morgan fingerprint density at radius 2 is 2.00 bits per heavy atom. The van der Waals surface area contributed by atoms with E-state index in [1.54, 1.807) is 0 Å². The molecule has 98 valence electrons. The molecule has 0 aromatic heterocycles. The Hall–Kier alpha value is -0.0800. The summed E-state index contributed by atoms with van der Waals surface area (Å²) in [6, 6.07) is 0.800. The van der Waals surface area contributed by atoms with Crippen LogP contribution in [0.3, 0.4) is 0 Å². The zero-order valence-corrected chi connectivity index (χ0v) is 11.5. The van der Waals surface area contributed by atoms with Crippen LogP contribution in [-0.2, 0) is 0 Å². The molecule has 2 nitrogen and oxygen atoms in total. The standard InChI is InChI=1S/C15H28N2/c1-3-14-9-16-15(6-4-5-7-15)11-17(14)10-13-8-12(13)2/h12-14,16H,3-11H2,1-2H3. The SMILES string of the molecule is CCC1CNC2(CCCC2)CN1CC1CC1C. The fourth-order valence-electron chi connectivity index (χ4n) is 3.99. The third-order valence-electron chi connectivity index (χ3n) is 5.51. The second-order valence-corrected chi connectivity index (χ2v) is 6.83. The number of nitrogens with one attached hydrogen (secondary N) is 1. The van der Waals surface area contributed by atoms with Crippen LogP contribution in [0, 0.1) is 11.8 Å². The van der Waals surface area contributed by atoms with Gasteiger partial charge in [0, 0.05) is 31.2 Å². The molecule has 17 heavy (non-hydrogen) atoms. The van der Waals surface area contributed by atoms with Crippen LogP contribution in [0.5, 0.6) is 0 Å². The van der Waals surface area contributed by atoms with Crippen LogP contribution in [-0.4, -0.2) is 36.1 Å². The molecule has 3 aliphatic rings. The molecule has 0 aromatic rings. The second-order valence-electron chi connectivity index (χ2n) is 6.83. The molecule has 2 aliphatic carbocycles. The Kier molecular flexibility index (Phi) is 3.20. The normalized spacial score (nSPS) is 40.9. The van der Waals surface area contributed by atoms with Gasteiger partial charge in [0.25, 0.3) is 0 Å². The van der Waals surface area contributed by atoms with Gasteiger partial charge in [-0.3, -0.25) is 4.90 Å². The lowest BCUT2D eigenvalue weighted by Gasteiger charge is -2.46. The first-order valence-electron chi connectivity index (χ1n) is 7.71. The molecule has 1 spiro atoms. The minimum Gasteiger partial charge on any atom is -0.308 e. The third-order valence-corrected chi connectivity index (χ3v) is 5.51. The molecule has 3 atom stereocenters. The van der Waals surface area contributed by atoms with Crippen LogP contribution < -0.4 is 5.32 Å². The van der Waals surface area contributed by atoms with Crippen molar-refractivity contribution in [1.29, 1.82) is 0 Å². The monoisotopic (exact) mass is 236 g/mol. The fraction of sp³-hybridized carbons (Fsp3) is 1.00. The number of hydrogen-bond donors (Lipinski definition) is 1. The quantitative estimate of drug-likeness (QED) is 0.810. The van der Waals surface area contributed by atoms with E-state index in [4.69, 9.17) is 0 Å². The molecule has 0 radical (unpaired) electrons. The molecule has 2 heteroatoms. The average Bonchev–Trinajstić information content (AvgIpc) is 2.84. The molecule has 1 aliphatic heterocycles. The van der Waals surface area contributed by atoms with E-state index in [9.17, 15) is 0 Å². The van der Waals surface area contributed by atoms with Gasteiger partial charge in [0.05, 0.1) is 0 Å². The molecule has 1 N–H and O–H groups in total. The highest BCUT2D eigenvalue weighted by Gasteiger charge is 2.43. The maximum atomic E-state index is 3.89. The van der Waals surface area contributed by atoms with Crippen LogP contribution in [0.1, 0.15) is 52.4 Å². The number of nitrogens with zero attached hydrogens (tertiary/aromatic N) is 1. The fourth-order valence-corrected chi connectivity index (χ4v) is 3.99. The van der Waals surface area contributed by atoms with E-state index in [-0.39, 0.29) is 0 Å². The molecular formula is C15H28N2. The van der Waals surface area contributed by atoms with Crippen molar-refractivity contribution in [3.63, 3.8) is 0 Å². The van der Waals surface area contributed by atoms with Crippen molar-refractivity contribution in [2.45, 2.75) is 64.0 Å². The third kappa shape index (κ3) is 2.39. The van der Waals surface area contributed by atoms with Crippen molar-refractivity contribution in [2.24, 2.45) is 11.8 Å². The summed E-state index contributed by atoms with van der Waals surface area (Å²) < 4.78 is 0. The van der Waals surface area contributed by atoms with Crippen molar-refractivity contribution in [1.82, 2.24) is 10.2 Å². The summed E-state index contributed by atoms with van der Waals surface area (Å²) in [6.45, 7) is 8.71. The maximum Gasteiger partial charge on any atom is 0.0309 e. The van der Waals surface area contributed by atoms with Crippen molar-refractivity contribution in [3.05, 3.63) is 0 Å². The Bertz CT molecular complexity index is 270. The second kappa shape index (κ2) is 4.55. The predicted octanol–water partition coefficient (Wildman–Crippen LogP) is 2.64. The van der Waals surface area contributed by atoms with Crippen molar-refractivity contribution >= 4 is 0 Å². The van der Waals surface area contributed by atoms with E-state index in [1.165, 1.54) is 58.2 Å². The summed E-state index contributed by atoms with van der Waals surface area (Å²) in [5.41, 5.74) is 0.504. The maximum absolute atomic E-state index is 3.89. The van der Waals surface area contributed by atoms with Gasteiger partial charge >= 0.3 is 0 Å². The van der Waals surface area contributed by atoms with E-state index in [0.717, 1.165) is 17.9 Å². The lowest BCUT2D eigenvalue weighted by molar-refractivity contribution is 0.0731. The number of hydrogen-bond acceptors (Lipinski definition) is 2. The van der Waals surface area contributed by atoms with E-state index in [2.05, 4.69) is 24.1 Å². The van der Waals surface area contributed by atoms with Crippen LogP contribution in [0.2, 0.25) is 0 Å². The molecule has 2 saturated carbocycles. The van der Waals surface area contributed by atoms with Gasteiger partial charge in [0.1, 0.15) is 0 Å². The van der Waals surface area contributed by atoms with E-state index in [0.29, 0.717) is 5.54 Å². The minimum atomic E-state index is 0.504. The summed E-state index contributed by atoms with van der Waals surface area (Å²) in [6.07, 6.45) is 8.51. The molecule has 0 bridgehead atoms. The molecular weight excluding hydrogens is 208 g/mol. The molecule has 3 unspecified atom stereocenters. The molecule has 0 amide bonds. The topological polar surface area (TPSA) is 15.3 Å². The summed E-state index contributed by atoms with van der Waals surface area (Å²) in [7, 11) is 0. The van der Waals surface area contributed by atoms with Gasteiger partial charge in [-0.05, 0) is 37.5 Å². The Labute approximate surface area is 106 Å². The van der Waals surface area contributed by atoms with Crippen LogP contribution in [0.4, 0.5) is 0 Å². The van der Waals surface area contributed by atoms with Gasteiger partial charge in [0.15, 0.2) is 0 Å². The highest BCUT2D eigenvalue weighted by Crippen LogP contribution is 2.40. The number of piperazine rings is 1. The zero-order valence-electron chi connectivity index (χ0n) is 11.5.